The Labute approximate surface area is 107 Å². The standard InChI is InChI=1S/C14H20O4/c1-14(15,13(16-2)17-3)11-8-4-6-10-7-5-9-18-12(10)11/h4,6,8,13,15H,5,7,9H2,1-3H3. The van der Waals surface area contributed by atoms with Gasteiger partial charge in [0.15, 0.2) is 6.29 Å². The van der Waals surface area contributed by atoms with Gasteiger partial charge in [0, 0.05) is 19.8 Å². The molecule has 4 nitrogen and oxygen atoms in total. The lowest BCUT2D eigenvalue weighted by molar-refractivity contribution is -0.213. The summed E-state index contributed by atoms with van der Waals surface area (Å²) >= 11 is 0. The van der Waals surface area contributed by atoms with Crippen LogP contribution in [-0.2, 0) is 21.5 Å². The lowest BCUT2D eigenvalue weighted by Gasteiger charge is -2.33. The highest BCUT2D eigenvalue weighted by molar-refractivity contribution is 5.46. The molecule has 0 amide bonds. The molecule has 0 aromatic heterocycles. The smallest absolute Gasteiger partial charge is 0.189 e. The molecule has 1 aromatic carbocycles. The van der Waals surface area contributed by atoms with Gasteiger partial charge in [0.2, 0.25) is 0 Å². The van der Waals surface area contributed by atoms with Crippen LogP contribution in [0.1, 0.15) is 24.5 Å². The summed E-state index contributed by atoms with van der Waals surface area (Å²) in [5, 5.41) is 10.7. The first-order chi connectivity index (χ1) is 8.61. The van der Waals surface area contributed by atoms with Crippen molar-refractivity contribution in [3.63, 3.8) is 0 Å². The third kappa shape index (κ3) is 2.23. The highest BCUT2D eigenvalue weighted by atomic mass is 16.7. The Balaban J connectivity index is 2.43. The summed E-state index contributed by atoms with van der Waals surface area (Å²) in [5.41, 5.74) is 0.602. The number of methoxy groups -OCH3 is 2. The molecule has 4 heteroatoms. The molecule has 100 valence electrons. The minimum Gasteiger partial charge on any atom is -0.493 e. The van der Waals surface area contributed by atoms with Gasteiger partial charge in [0.25, 0.3) is 0 Å². The van der Waals surface area contributed by atoms with Crippen LogP contribution >= 0.6 is 0 Å². The van der Waals surface area contributed by atoms with Crippen molar-refractivity contribution in [3.05, 3.63) is 29.3 Å². The predicted molar refractivity (Wildman–Crippen MR) is 67.6 cm³/mol. The Morgan fingerprint density at radius 3 is 2.72 bits per heavy atom. The van der Waals surface area contributed by atoms with Crippen molar-refractivity contribution in [3.8, 4) is 5.75 Å². The average Bonchev–Trinajstić information content (AvgIpc) is 2.39. The van der Waals surface area contributed by atoms with Gasteiger partial charge in [-0.2, -0.15) is 0 Å². The van der Waals surface area contributed by atoms with Gasteiger partial charge in [-0.05, 0) is 25.3 Å². The van der Waals surface area contributed by atoms with Gasteiger partial charge in [0.05, 0.1) is 6.61 Å². The molecule has 1 N–H and O–H groups in total. The summed E-state index contributed by atoms with van der Waals surface area (Å²) in [7, 11) is 3.03. The van der Waals surface area contributed by atoms with Gasteiger partial charge < -0.3 is 19.3 Å². The number of hydrogen-bond donors (Lipinski definition) is 1. The Hall–Kier alpha value is -1.10. The summed E-state index contributed by atoms with van der Waals surface area (Å²) in [6.45, 7) is 2.36. The maximum absolute atomic E-state index is 10.7. The van der Waals surface area contributed by atoms with E-state index in [2.05, 4.69) is 0 Å². The SMILES string of the molecule is COC(OC)C(C)(O)c1cccc2c1OCCC2. The first-order valence-corrected chi connectivity index (χ1v) is 6.14. The highest BCUT2D eigenvalue weighted by Crippen LogP contribution is 2.38. The number of para-hydroxylation sites is 1. The van der Waals surface area contributed by atoms with Crippen LogP contribution in [0.5, 0.6) is 5.75 Å². The molecular formula is C14H20O4. The lowest BCUT2D eigenvalue weighted by Crippen LogP contribution is -2.40. The van der Waals surface area contributed by atoms with Crippen molar-refractivity contribution in [1.82, 2.24) is 0 Å². The number of aliphatic hydroxyl groups is 1. The van der Waals surface area contributed by atoms with Crippen LogP contribution in [0, 0.1) is 0 Å². The van der Waals surface area contributed by atoms with Crippen LogP contribution < -0.4 is 4.74 Å². The number of aryl methyl sites for hydroxylation is 1. The number of fused-ring (bicyclic) bond motifs is 1. The van der Waals surface area contributed by atoms with E-state index in [-0.39, 0.29) is 0 Å². The Morgan fingerprint density at radius 2 is 2.06 bits per heavy atom. The fourth-order valence-electron chi connectivity index (χ4n) is 2.47. The van der Waals surface area contributed by atoms with Crippen LogP contribution in [0.4, 0.5) is 0 Å². The molecule has 1 aromatic rings. The average molecular weight is 252 g/mol. The predicted octanol–water partition coefficient (Wildman–Crippen LogP) is 1.84. The van der Waals surface area contributed by atoms with Gasteiger partial charge in [-0.1, -0.05) is 18.2 Å². The van der Waals surface area contributed by atoms with Crippen molar-refractivity contribution < 1.29 is 19.3 Å². The molecule has 0 aliphatic carbocycles. The van der Waals surface area contributed by atoms with E-state index in [1.807, 2.05) is 18.2 Å². The topological polar surface area (TPSA) is 47.9 Å². The number of ether oxygens (including phenoxy) is 3. The zero-order chi connectivity index (χ0) is 13.2. The number of benzene rings is 1. The van der Waals surface area contributed by atoms with Crippen LogP contribution in [0.25, 0.3) is 0 Å². The number of rotatable bonds is 4. The summed E-state index contributed by atoms with van der Waals surface area (Å²) in [6.07, 6.45) is 1.26. The first kappa shape index (κ1) is 13.3. The lowest BCUT2D eigenvalue weighted by atomic mass is 9.90. The van der Waals surface area contributed by atoms with Crippen molar-refractivity contribution in [1.29, 1.82) is 0 Å². The zero-order valence-corrected chi connectivity index (χ0v) is 11.1. The molecular weight excluding hydrogens is 232 g/mol. The molecule has 2 rings (SSSR count). The molecule has 0 saturated heterocycles. The van der Waals surface area contributed by atoms with E-state index in [1.165, 1.54) is 14.2 Å². The monoisotopic (exact) mass is 252 g/mol. The molecule has 1 unspecified atom stereocenters. The Kier molecular flexibility index (Phi) is 3.90. The van der Waals surface area contributed by atoms with Gasteiger partial charge in [-0.15, -0.1) is 0 Å². The maximum atomic E-state index is 10.7. The summed E-state index contributed by atoms with van der Waals surface area (Å²) in [5.74, 6) is 0.771. The minimum atomic E-state index is -1.24. The van der Waals surface area contributed by atoms with Crippen LogP contribution in [0.15, 0.2) is 18.2 Å². The van der Waals surface area contributed by atoms with Gasteiger partial charge in [-0.3, -0.25) is 0 Å². The van der Waals surface area contributed by atoms with Gasteiger partial charge in [-0.25, -0.2) is 0 Å². The zero-order valence-electron chi connectivity index (χ0n) is 11.1. The quantitative estimate of drug-likeness (QED) is 0.831. The van der Waals surface area contributed by atoms with E-state index in [1.54, 1.807) is 6.92 Å². The molecule has 1 aliphatic heterocycles. The van der Waals surface area contributed by atoms with Crippen LogP contribution in [0.2, 0.25) is 0 Å². The second-order valence-corrected chi connectivity index (χ2v) is 4.70. The largest absolute Gasteiger partial charge is 0.493 e. The third-order valence-electron chi connectivity index (χ3n) is 3.37. The van der Waals surface area contributed by atoms with Crippen molar-refractivity contribution in [2.75, 3.05) is 20.8 Å². The molecule has 18 heavy (non-hydrogen) atoms. The molecule has 0 bridgehead atoms. The van der Waals surface area contributed by atoms with E-state index in [9.17, 15) is 5.11 Å². The first-order valence-electron chi connectivity index (χ1n) is 6.14. The Morgan fingerprint density at radius 1 is 1.33 bits per heavy atom. The fraction of sp³-hybridized carbons (Fsp3) is 0.571. The van der Waals surface area contributed by atoms with E-state index in [0.29, 0.717) is 12.2 Å². The summed E-state index contributed by atoms with van der Waals surface area (Å²) in [4.78, 5) is 0. The Bertz CT molecular complexity index is 410. The van der Waals surface area contributed by atoms with E-state index in [0.717, 1.165) is 24.2 Å². The molecule has 0 radical (unpaired) electrons. The molecule has 1 aliphatic rings. The molecule has 0 fully saturated rings. The fourth-order valence-corrected chi connectivity index (χ4v) is 2.47. The molecule has 0 spiro atoms. The summed E-state index contributed by atoms with van der Waals surface area (Å²) < 4.78 is 16.1. The van der Waals surface area contributed by atoms with E-state index < -0.39 is 11.9 Å². The van der Waals surface area contributed by atoms with Gasteiger partial charge in [0.1, 0.15) is 11.4 Å². The van der Waals surface area contributed by atoms with E-state index >= 15 is 0 Å². The normalized spacial score (nSPS) is 18.1. The molecule has 1 atom stereocenters. The highest BCUT2D eigenvalue weighted by Gasteiger charge is 2.38. The van der Waals surface area contributed by atoms with Crippen molar-refractivity contribution in [2.24, 2.45) is 0 Å². The van der Waals surface area contributed by atoms with E-state index in [4.69, 9.17) is 14.2 Å². The minimum absolute atomic E-state index is 0.685. The molecule has 0 saturated carbocycles. The number of hydrogen-bond acceptors (Lipinski definition) is 4. The molecule has 1 heterocycles. The summed E-state index contributed by atoms with van der Waals surface area (Å²) in [6, 6.07) is 5.82. The second-order valence-electron chi connectivity index (χ2n) is 4.70. The van der Waals surface area contributed by atoms with Crippen LogP contribution in [-0.4, -0.2) is 32.2 Å². The van der Waals surface area contributed by atoms with Crippen LogP contribution in [0.3, 0.4) is 0 Å². The maximum Gasteiger partial charge on any atom is 0.189 e. The van der Waals surface area contributed by atoms with Gasteiger partial charge >= 0.3 is 0 Å². The van der Waals surface area contributed by atoms with Crippen molar-refractivity contribution in [2.45, 2.75) is 31.7 Å². The third-order valence-corrected chi connectivity index (χ3v) is 3.37. The van der Waals surface area contributed by atoms with Crippen molar-refractivity contribution >= 4 is 0 Å². The second kappa shape index (κ2) is 5.26.